The van der Waals surface area contributed by atoms with Crippen molar-refractivity contribution in [2.45, 2.75) is 25.3 Å². The van der Waals surface area contributed by atoms with Gasteiger partial charge in [-0.2, -0.15) is 0 Å². The maximum atomic E-state index is 13.2. The van der Waals surface area contributed by atoms with E-state index in [0.717, 1.165) is 18.9 Å². The zero-order valence-electron chi connectivity index (χ0n) is 10.3. The average molecular weight is 266 g/mol. The predicted molar refractivity (Wildman–Crippen MR) is 67.5 cm³/mol. The van der Waals surface area contributed by atoms with Gasteiger partial charge in [-0.3, -0.25) is 9.59 Å². The molecule has 1 aromatic carbocycles. The molecule has 1 saturated heterocycles. The van der Waals surface area contributed by atoms with E-state index < -0.39 is 17.7 Å². The third kappa shape index (κ3) is 2.83. The fourth-order valence-corrected chi connectivity index (χ4v) is 2.52. The first-order valence-corrected chi connectivity index (χ1v) is 6.07. The van der Waals surface area contributed by atoms with Gasteiger partial charge in [-0.05, 0) is 31.0 Å². The minimum absolute atomic E-state index is 0.00439. The lowest BCUT2D eigenvalue weighted by molar-refractivity contribution is -0.137. The Kier molecular flexibility index (Phi) is 3.69. The molecule has 1 atom stereocenters. The first-order valence-electron chi connectivity index (χ1n) is 6.07. The van der Waals surface area contributed by atoms with E-state index in [0.29, 0.717) is 12.2 Å². The van der Waals surface area contributed by atoms with Crippen LogP contribution in [0.15, 0.2) is 18.2 Å². The van der Waals surface area contributed by atoms with Crippen LogP contribution >= 0.6 is 0 Å². The summed E-state index contributed by atoms with van der Waals surface area (Å²) in [5.41, 5.74) is 5.86. The number of hydrogen-bond donors (Lipinski definition) is 2. The number of hydrogen-bond acceptors (Lipinski definition) is 3. The molecule has 0 aromatic heterocycles. The molecule has 1 aromatic rings. The van der Waals surface area contributed by atoms with Crippen molar-refractivity contribution >= 4 is 17.6 Å². The van der Waals surface area contributed by atoms with Gasteiger partial charge in [0.1, 0.15) is 5.82 Å². The van der Waals surface area contributed by atoms with Crippen LogP contribution in [0, 0.1) is 5.82 Å². The van der Waals surface area contributed by atoms with E-state index in [1.165, 1.54) is 12.1 Å². The second kappa shape index (κ2) is 5.26. The predicted octanol–water partition coefficient (Wildman–Crippen LogP) is 1.37. The second-order valence-electron chi connectivity index (χ2n) is 4.61. The van der Waals surface area contributed by atoms with Crippen molar-refractivity contribution in [1.82, 2.24) is 0 Å². The molecule has 0 saturated carbocycles. The molecule has 0 aliphatic carbocycles. The van der Waals surface area contributed by atoms with Crippen LogP contribution in [0.3, 0.4) is 0 Å². The molecule has 2 rings (SSSR count). The Morgan fingerprint density at radius 3 is 2.84 bits per heavy atom. The minimum atomic E-state index is -0.889. The van der Waals surface area contributed by atoms with E-state index in [1.807, 2.05) is 4.90 Å². The zero-order valence-corrected chi connectivity index (χ0v) is 10.3. The molecule has 1 aliphatic rings. The van der Waals surface area contributed by atoms with E-state index in [9.17, 15) is 14.0 Å². The number of anilines is 1. The van der Waals surface area contributed by atoms with Crippen LogP contribution in [0.5, 0.6) is 0 Å². The maximum Gasteiger partial charge on any atom is 0.305 e. The number of nitrogens with zero attached hydrogens (tertiary/aromatic N) is 1. The number of carbonyl (C=O) groups excluding carboxylic acids is 1. The molecule has 5 nitrogen and oxygen atoms in total. The van der Waals surface area contributed by atoms with Crippen molar-refractivity contribution in [3.63, 3.8) is 0 Å². The van der Waals surface area contributed by atoms with Crippen LogP contribution in [0.4, 0.5) is 10.1 Å². The van der Waals surface area contributed by atoms with E-state index in [-0.39, 0.29) is 18.0 Å². The lowest BCUT2D eigenvalue weighted by atomic mass is 10.1. The minimum Gasteiger partial charge on any atom is -0.481 e. The molecule has 0 bridgehead atoms. The topological polar surface area (TPSA) is 83.6 Å². The van der Waals surface area contributed by atoms with E-state index >= 15 is 0 Å². The Morgan fingerprint density at radius 2 is 2.21 bits per heavy atom. The molecule has 1 aliphatic heterocycles. The summed E-state index contributed by atoms with van der Waals surface area (Å²) in [7, 11) is 0. The van der Waals surface area contributed by atoms with Crippen molar-refractivity contribution in [3.05, 3.63) is 29.6 Å². The number of nitrogens with two attached hydrogens (primary N) is 1. The highest BCUT2D eigenvalue weighted by Gasteiger charge is 2.29. The lowest BCUT2D eigenvalue weighted by Crippen LogP contribution is -2.33. The summed E-state index contributed by atoms with van der Waals surface area (Å²) < 4.78 is 13.2. The molecule has 1 amide bonds. The summed E-state index contributed by atoms with van der Waals surface area (Å²) in [4.78, 5) is 24.0. The number of amides is 1. The highest BCUT2D eigenvalue weighted by molar-refractivity contribution is 5.98. The zero-order chi connectivity index (χ0) is 14.0. The first kappa shape index (κ1) is 13.3. The molecule has 1 unspecified atom stereocenters. The van der Waals surface area contributed by atoms with Crippen molar-refractivity contribution in [2.24, 2.45) is 5.73 Å². The van der Waals surface area contributed by atoms with Crippen molar-refractivity contribution in [2.75, 3.05) is 11.4 Å². The quantitative estimate of drug-likeness (QED) is 0.862. The van der Waals surface area contributed by atoms with E-state index in [2.05, 4.69) is 0 Å². The summed E-state index contributed by atoms with van der Waals surface area (Å²) in [5.74, 6) is -2.14. The standard InChI is InChI=1S/C13H15FN2O3/c14-8-3-4-11(10(6-8)13(15)19)16-5-1-2-9(16)7-12(17)18/h3-4,6,9H,1-2,5,7H2,(H2,15,19)(H,17,18). The Hall–Kier alpha value is -2.11. The van der Waals surface area contributed by atoms with Crippen LogP contribution in [-0.4, -0.2) is 29.6 Å². The fourth-order valence-electron chi connectivity index (χ4n) is 2.52. The summed E-state index contributed by atoms with van der Waals surface area (Å²) in [6.07, 6.45) is 1.57. The molecule has 6 heteroatoms. The van der Waals surface area contributed by atoms with Gasteiger partial charge in [0.2, 0.25) is 0 Å². The van der Waals surface area contributed by atoms with Crippen LogP contribution in [0.1, 0.15) is 29.6 Å². The van der Waals surface area contributed by atoms with Gasteiger partial charge in [-0.25, -0.2) is 4.39 Å². The van der Waals surface area contributed by atoms with Crippen LogP contribution < -0.4 is 10.6 Å². The molecule has 102 valence electrons. The number of benzene rings is 1. The van der Waals surface area contributed by atoms with Crippen LogP contribution in [-0.2, 0) is 4.79 Å². The normalized spacial score (nSPS) is 18.6. The van der Waals surface area contributed by atoms with Crippen LogP contribution in [0.2, 0.25) is 0 Å². The van der Waals surface area contributed by atoms with Gasteiger partial charge in [-0.1, -0.05) is 0 Å². The van der Waals surface area contributed by atoms with E-state index in [4.69, 9.17) is 10.8 Å². The molecule has 1 fully saturated rings. The van der Waals surface area contributed by atoms with Gasteiger partial charge in [-0.15, -0.1) is 0 Å². The third-order valence-electron chi connectivity index (χ3n) is 3.32. The van der Waals surface area contributed by atoms with Crippen LogP contribution in [0.25, 0.3) is 0 Å². The average Bonchev–Trinajstić information content (AvgIpc) is 2.76. The molecular weight excluding hydrogens is 251 g/mol. The molecule has 3 N–H and O–H groups in total. The second-order valence-corrected chi connectivity index (χ2v) is 4.61. The highest BCUT2D eigenvalue weighted by Crippen LogP contribution is 2.30. The van der Waals surface area contributed by atoms with Crippen molar-refractivity contribution < 1.29 is 19.1 Å². The fraction of sp³-hybridized carbons (Fsp3) is 0.385. The van der Waals surface area contributed by atoms with Crippen molar-refractivity contribution in [1.29, 1.82) is 0 Å². The largest absolute Gasteiger partial charge is 0.481 e. The van der Waals surface area contributed by atoms with Gasteiger partial charge in [0.15, 0.2) is 0 Å². The number of rotatable bonds is 4. The summed E-state index contributed by atoms with van der Waals surface area (Å²) in [6.45, 7) is 0.643. The highest BCUT2D eigenvalue weighted by atomic mass is 19.1. The number of halogens is 1. The summed E-state index contributed by atoms with van der Waals surface area (Å²) in [5, 5.41) is 8.88. The Bertz CT molecular complexity index is 519. The molecular formula is C13H15FN2O3. The number of aliphatic carboxylic acids is 1. The Balaban J connectivity index is 2.35. The third-order valence-corrected chi connectivity index (χ3v) is 3.32. The van der Waals surface area contributed by atoms with Gasteiger partial charge in [0, 0.05) is 18.3 Å². The number of primary amides is 1. The smallest absolute Gasteiger partial charge is 0.305 e. The Morgan fingerprint density at radius 1 is 1.47 bits per heavy atom. The Labute approximate surface area is 109 Å². The molecule has 0 spiro atoms. The van der Waals surface area contributed by atoms with Gasteiger partial charge >= 0.3 is 5.97 Å². The maximum absolute atomic E-state index is 13.2. The number of carboxylic acid groups (broad SMARTS) is 1. The summed E-state index contributed by atoms with van der Waals surface area (Å²) in [6, 6.07) is 3.64. The first-order chi connectivity index (χ1) is 8.99. The van der Waals surface area contributed by atoms with E-state index in [1.54, 1.807) is 0 Å². The summed E-state index contributed by atoms with van der Waals surface area (Å²) >= 11 is 0. The van der Waals surface area contributed by atoms with Gasteiger partial charge < -0.3 is 15.7 Å². The van der Waals surface area contributed by atoms with Gasteiger partial charge in [0.05, 0.1) is 12.0 Å². The van der Waals surface area contributed by atoms with Gasteiger partial charge in [0.25, 0.3) is 5.91 Å². The van der Waals surface area contributed by atoms with Crippen molar-refractivity contribution in [3.8, 4) is 0 Å². The molecule has 0 radical (unpaired) electrons. The number of carbonyl (C=O) groups is 2. The molecule has 19 heavy (non-hydrogen) atoms. The lowest BCUT2D eigenvalue weighted by Gasteiger charge is -2.27. The number of carboxylic acids is 1. The SMILES string of the molecule is NC(=O)c1cc(F)ccc1N1CCCC1CC(=O)O. The molecule has 1 heterocycles. The monoisotopic (exact) mass is 266 g/mol.